The molecular formula is C27H48N4O4. The molecule has 200 valence electrons. The van der Waals surface area contributed by atoms with Crippen molar-refractivity contribution in [3.05, 3.63) is 0 Å². The van der Waals surface area contributed by atoms with Crippen LogP contribution in [0.2, 0.25) is 0 Å². The quantitative estimate of drug-likeness (QED) is 0.408. The lowest BCUT2D eigenvalue weighted by Crippen LogP contribution is -2.21. The highest BCUT2D eigenvalue weighted by molar-refractivity contribution is 5.85. The normalized spacial score (nSPS) is 21.5. The van der Waals surface area contributed by atoms with E-state index in [0.717, 1.165) is 88.5 Å². The van der Waals surface area contributed by atoms with Crippen LogP contribution in [0.1, 0.15) is 136 Å². The van der Waals surface area contributed by atoms with E-state index in [1.165, 1.54) is 19.3 Å². The smallest absolute Gasteiger partial charge is 0.305 e. The standard InChI is InChI=1S/C27H48N4O4/c1-23-17-12-8-4-3-7-11-15-22-35-27(34)21-14-10-6-5-9-13-18-24(2)29-31-26(33)20-16-19-25(32)30-28-23/h3-22H2,1-2H3,(H,30,32)(H,31,33). The molecule has 0 unspecified atom stereocenters. The van der Waals surface area contributed by atoms with Gasteiger partial charge in [0.2, 0.25) is 11.8 Å². The maximum absolute atomic E-state index is 11.9. The summed E-state index contributed by atoms with van der Waals surface area (Å²) in [6.07, 6.45) is 17.4. The second kappa shape index (κ2) is 21.1. The highest BCUT2D eigenvalue weighted by Gasteiger charge is 2.06. The van der Waals surface area contributed by atoms with Crippen molar-refractivity contribution in [2.45, 2.75) is 136 Å². The number of ether oxygens (including phenoxy) is 1. The van der Waals surface area contributed by atoms with Gasteiger partial charge in [-0.05, 0) is 58.8 Å². The molecule has 0 aromatic rings. The van der Waals surface area contributed by atoms with Crippen molar-refractivity contribution in [2.24, 2.45) is 10.2 Å². The maximum Gasteiger partial charge on any atom is 0.305 e. The summed E-state index contributed by atoms with van der Waals surface area (Å²) >= 11 is 0. The Bertz CT molecular complexity index is 676. The van der Waals surface area contributed by atoms with Crippen molar-refractivity contribution in [2.75, 3.05) is 6.61 Å². The van der Waals surface area contributed by atoms with Crippen LogP contribution < -0.4 is 10.9 Å². The third kappa shape index (κ3) is 19.7. The minimum absolute atomic E-state index is 0.0632. The van der Waals surface area contributed by atoms with E-state index >= 15 is 0 Å². The Labute approximate surface area is 212 Å². The van der Waals surface area contributed by atoms with Gasteiger partial charge in [-0.15, -0.1) is 0 Å². The summed E-state index contributed by atoms with van der Waals surface area (Å²) in [5, 5.41) is 8.33. The fourth-order valence-electron chi connectivity index (χ4n) is 3.93. The Balaban J connectivity index is 2.38. The molecule has 0 saturated heterocycles. The third-order valence-electron chi connectivity index (χ3n) is 6.17. The first-order chi connectivity index (χ1) is 17.0. The van der Waals surface area contributed by atoms with Crippen molar-refractivity contribution in [3.63, 3.8) is 0 Å². The number of cyclic esters (lactones) is 1. The second-order valence-electron chi connectivity index (χ2n) is 9.68. The van der Waals surface area contributed by atoms with Gasteiger partial charge in [0.05, 0.1) is 6.61 Å². The Morgan fingerprint density at radius 3 is 1.40 bits per heavy atom. The number of carbonyl (C=O) groups excluding carboxylic acids is 3. The van der Waals surface area contributed by atoms with E-state index < -0.39 is 0 Å². The Hall–Kier alpha value is -2.25. The highest BCUT2D eigenvalue weighted by Crippen LogP contribution is 2.11. The van der Waals surface area contributed by atoms with Gasteiger partial charge in [-0.25, -0.2) is 10.9 Å². The van der Waals surface area contributed by atoms with E-state index in [1.54, 1.807) is 0 Å². The molecule has 1 aliphatic heterocycles. The number of nitrogens with one attached hydrogen (secondary N) is 2. The molecule has 0 saturated carbocycles. The average Bonchev–Trinajstić information content (AvgIpc) is 2.83. The van der Waals surface area contributed by atoms with Crippen molar-refractivity contribution >= 4 is 29.2 Å². The third-order valence-corrected chi connectivity index (χ3v) is 6.17. The zero-order valence-corrected chi connectivity index (χ0v) is 22.2. The van der Waals surface area contributed by atoms with Crippen LogP contribution in [0.3, 0.4) is 0 Å². The largest absolute Gasteiger partial charge is 0.466 e. The van der Waals surface area contributed by atoms with E-state index in [4.69, 9.17) is 4.74 Å². The summed E-state index contributed by atoms with van der Waals surface area (Å²) in [6.45, 7) is 4.39. The predicted octanol–water partition coefficient (Wildman–Crippen LogP) is 5.94. The zero-order valence-electron chi connectivity index (χ0n) is 22.2. The molecule has 2 N–H and O–H groups in total. The van der Waals surface area contributed by atoms with Crippen LogP contribution >= 0.6 is 0 Å². The fraction of sp³-hybridized carbons (Fsp3) is 0.815. The fourth-order valence-corrected chi connectivity index (χ4v) is 3.93. The number of carbonyl (C=O) groups is 3. The molecule has 8 heteroatoms. The predicted molar refractivity (Wildman–Crippen MR) is 141 cm³/mol. The molecule has 2 amide bonds. The Morgan fingerprint density at radius 1 is 0.514 bits per heavy atom. The van der Waals surface area contributed by atoms with Crippen LogP contribution in [0, 0.1) is 0 Å². The van der Waals surface area contributed by atoms with Crippen LogP contribution in [0.15, 0.2) is 10.2 Å². The Kier molecular flexibility index (Phi) is 18.5. The van der Waals surface area contributed by atoms with E-state index in [1.807, 2.05) is 13.8 Å². The van der Waals surface area contributed by atoms with Gasteiger partial charge in [-0.3, -0.25) is 14.4 Å². The van der Waals surface area contributed by atoms with Gasteiger partial charge < -0.3 is 4.74 Å². The summed E-state index contributed by atoms with van der Waals surface area (Å²) in [6, 6.07) is 0. The molecule has 0 aliphatic carbocycles. The van der Waals surface area contributed by atoms with E-state index in [-0.39, 0.29) is 30.6 Å². The summed E-state index contributed by atoms with van der Waals surface area (Å²) in [4.78, 5) is 35.7. The first kappa shape index (κ1) is 30.8. The molecule has 1 aliphatic rings. The van der Waals surface area contributed by atoms with E-state index in [0.29, 0.717) is 19.4 Å². The van der Waals surface area contributed by atoms with Crippen molar-refractivity contribution in [1.82, 2.24) is 10.9 Å². The lowest BCUT2D eigenvalue weighted by Gasteiger charge is -2.06. The monoisotopic (exact) mass is 492 g/mol. The van der Waals surface area contributed by atoms with Crippen molar-refractivity contribution in [1.29, 1.82) is 0 Å². The SMILES string of the molecule is CC1=NNC(=O)CCCC(=O)NN=C(C)CCCCCCCCC(=O)OCCCCCCCCC1. The number of amides is 2. The van der Waals surface area contributed by atoms with Crippen LogP contribution in [-0.4, -0.2) is 35.8 Å². The minimum atomic E-state index is -0.171. The molecule has 0 fully saturated rings. The molecule has 0 aromatic heterocycles. The molecule has 35 heavy (non-hydrogen) atoms. The molecule has 0 bridgehead atoms. The molecule has 1 rings (SSSR count). The number of nitrogens with zero attached hydrogens (tertiary/aromatic N) is 2. The molecule has 1 heterocycles. The van der Waals surface area contributed by atoms with E-state index in [2.05, 4.69) is 21.1 Å². The van der Waals surface area contributed by atoms with Crippen LogP contribution in [0.5, 0.6) is 0 Å². The second-order valence-corrected chi connectivity index (χ2v) is 9.68. The van der Waals surface area contributed by atoms with Gasteiger partial charge in [0.1, 0.15) is 0 Å². The molecule has 0 aromatic carbocycles. The topological polar surface area (TPSA) is 109 Å². The number of hydrazone groups is 2. The minimum Gasteiger partial charge on any atom is -0.466 e. The highest BCUT2D eigenvalue weighted by atomic mass is 16.5. The lowest BCUT2D eigenvalue weighted by atomic mass is 10.1. The molecular weight excluding hydrogens is 444 g/mol. The van der Waals surface area contributed by atoms with Gasteiger partial charge in [-0.2, -0.15) is 10.2 Å². The summed E-state index contributed by atoms with van der Waals surface area (Å²) in [5.41, 5.74) is 7.00. The van der Waals surface area contributed by atoms with Gasteiger partial charge in [0, 0.05) is 30.7 Å². The molecule has 0 atom stereocenters. The van der Waals surface area contributed by atoms with Crippen LogP contribution in [0.25, 0.3) is 0 Å². The van der Waals surface area contributed by atoms with Crippen molar-refractivity contribution in [3.8, 4) is 0 Å². The van der Waals surface area contributed by atoms with Gasteiger partial charge in [0.25, 0.3) is 0 Å². The average molecular weight is 493 g/mol. The van der Waals surface area contributed by atoms with Crippen LogP contribution in [0.4, 0.5) is 0 Å². The first-order valence-electron chi connectivity index (χ1n) is 13.8. The lowest BCUT2D eigenvalue weighted by molar-refractivity contribution is -0.144. The Morgan fingerprint density at radius 2 is 0.914 bits per heavy atom. The van der Waals surface area contributed by atoms with E-state index in [9.17, 15) is 14.4 Å². The first-order valence-corrected chi connectivity index (χ1v) is 13.8. The summed E-state index contributed by atoms with van der Waals surface area (Å²) in [7, 11) is 0. The number of esters is 1. The summed E-state index contributed by atoms with van der Waals surface area (Å²) < 4.78 is 5.35. The maximum atomic E-state index is 11.9. The summed E-state index contributed by atoms with van der Waals surface area (Å²) in [5.74, 6) is -0.399. The molecule has 8 nitrogen and oxygen atoms in total. The van der Waals surface area contributed by atoms with Gasteiger partial charge in [-0.1, -0.05) is 57.8 Å². The zero-order chi connectivity index (χ0) is 25.6. The number of rotatable bonds is 0. The number of hydrogen-bond donors (Lipinski definition) is 2. The number of hydrogen-bond acceptors (Lipinski definition) is 6. The van der Waals surface area contributed by atoms with Crippen LogP contribution in [-0.2, 0) is 19.1 Å². The van der Waals surface area contributed by atoms with Gasteiger partial charge in [0.15, 0.2) is 0 Å². The molecule has 0 radical (unpaired) electrons. The van der Waals surface area contributed by atoms with Crippen molar-refractivity contribution < 1.29 is 19.1 Å². The van der Waals surface area contributed by atoms with Gasteiger partial charge >= 0.3 is 5.97 Å². The molecule has 0 spiro atoms.